The van der Waals surface area contributed by atoms with Gasteiger partial charge in [-0.25, -0.2) is 0 Å². The van der Waals surface area contributed by atoms with Gasteiger partial charge in [-0.1, -0.05) is 49.4 Å². The fraction of sp³-hybridized carbons (Fsp3) is 0.316. The van der Waals surface area contributed by atoms with Crippen LogP contribution in [0.2, 0.25) is 0 Å². The predicted molar refractivity (Wildman–Crippen MR) is 90.4 cm³/mol. The van der Waals surface area contributed by atoms with Gasteiger partial charge in [0.15, 0.2) is 0 Å². The average Bonchev–Trinajstić information content (AvgIpc) is 2.60. The van der Waals surface area contributed by atoms with Gasteiger partial charge in [-0.15, -0.1) is 0 Å². The Labute approximate surface area is 137 Å². The van der Waals surface area contributed by atoms with Crippen molar-refractivity contribution >= 4 is 5.91 Å². The maximum absolute atomic E-state index is 12.3. The lowest BCUT2D eigenvalue weighted by Gasteiger charge is -2.19. The zero-order chi connectivity index (χ0) is 16.7. The molecule has 23 heavy (non-hydrogen) atoms. The van der Waals surface area contributed by atoms with Crippen LogP contribution >= 0.6 is 0 Å². The highest BCUT2D eigenvalue weighted by Gasteiger charge is 2.16. The Balaban J connectivity index is 1.97. The van der Waals surface area contributed by atoms with E-state index >= 15 is 0 Å². The molecule has 2 atom stereocenters. The molecule has 0 heterocycles. The number of carbonyl (C=O) groups excluding carboxylic acids is 1. The van der Waals surface area contributed by atoms with Crippen LogP contribution in [0.4, 0.5) is 0 Å². The van der Waals surface area contributed by atoms with Crippen molar-refractivity contribution in [3.8, 4) is 5.75 Å². The Morgan fingerprint density at radius 2 is 1.83 bits per heavy atom. The zero-order valence-corrected chi connectivity index (χ0v) is 13.5. The van der Waals surface area contributed by atoms with Gasteiger partial charge in [0.05, 0.1) is 19.8 Å². The lowest BCUT2D eigenvalue weighted by atomic mass is 9.97. The first-order valence-corrected chi connectivity index (χ1v) is 7.73. The van der Waals surface area contributed by atoms with E-state index in [2.05, 4.69) is 5.32 Å². The summed E-state index contributed by atoms with van der Waals surface area (Å²) < 4.78 is 5.22. The van der Waals surface area contributed by atoms with E-state index in [9.17, 15) is 9.90 Å². The van der Waals surface area contributed by atoms with Gasteiger partial charge < -0.3 is 15.2 Å². The summed E-state index contributed by atoms with van der Waals surface area (Å²) in [6.07, 6.45) is 0.358. The van der Waals surface area contributed by atoms with E-state index in [1.165, 1.54) is 0 Å². The van der Waals surface area contributed by atoms with Gasteiger partial charge in [-0.3, -0.25) is 4.79 Å². The van der Waals surface area contributed by atoms with E-state index < -0.39 is 0 Å². The summed E-state index contributed by atoms with van der Waals surface area (Å²) in [6.45, 7) is 1.88. The van der Waals surface area contributed by atoms with E-state index in [-0.39, 0.29) is 24.5 Å². The fourth-order valence-corrected chi connectivity index (χ4v) is 2.52. The van der Waals surface area contributed by atoms with E-state index in [0.717, 1.165) is 16.9 Å². The van der Waals surface area contributed by atoms with Crippen molar-refractivity contribution in [2.45, 2.75) is 25.3 Å². The fourth-order valence-electron chi connectivity index (χ4n) is 2.52. The van der Waals surface area contributed by atoms with Gasteiger partial charge in [0, 0.05) is 6.42 Å². The average molecular weight is 313 g/mol. The number of amides is 1. The van der Waals surface area contributed by atoms with Gasteiger partial charge in [0.1, 0.15) is 5.75 Å². The van der Waals surface area contributed by atoms with Crippen LogP contribution in [0.25, 0.3) is 0 Å². The highest BCUT2D eigenvalue weighted by molar-refractivity contribution is 5.77. The van der Waals surface area contributed by atoms with Crippen LogP contribution in [0.15, 0.2) is 54.6 Å². The Morgan fingerprint density at radius 3 is 2.48 bits per heavy atom. The molecule has 4 nitrogen and oxygen atoms in total. The second-order valence-corrected chi connectivity index (χ2v) is 5.60. The summed E-state index contributed by atoms with van der Waals surface area (Å²) >= 11 is 0. The van der Waals surface area contributed by atoms with E-state index in [1.807, 2.05) is 61.5 Å². The molecule has 0 aromatic heterocycles. The molecule has 1 amide bonds. The third kappa shape index (κ3) is 4.83. The minimum atomic E-state index is -0.374. The minimum Gasteiger partial charge on any atom is -0.497 e. The van der Waals surface area contributed by atoms with Gasteiger partial charge in [-0.05, 0) is 29.2 Å². The van der Waals surface area contributed by atoms with Crippen molar-refractivity contribution < 1.29 is 14.6 Å². The molecule has 2 N–H and O–H groups in total. The first-order chi connectivity index (χ1) is 11.1. The third-order valence-electron chi connectivity index (χ3n) is 3.87. The van der Waals surface area contributed by atoms with Crippen LogP contribution in [0.3, 0.4) is 0 Å². The van der Waals surface area contributed by atoms with Crippen molar-refractivity contribution in [1.82, 2.24) is 5.32 Å². The second kappa shape index (κ2) is 8.34. The van der Waals surface area contributed by atoms with Crippen molar-refractivity contribution in [2.75, 3.05) is 13.7 Å². The SMILES string of the molecule is COc1cccc(C(C)CC(=O)NC(CO)c2ccccc2)c1. The maximum atomic E-state index is 12.3. The molecule has 0 saturated carbocycles. The topological polar surface area (TPSA) is 58.6 Å². The Morgan fingerprint density at radius 1 is 1.13 bits per heavy atom. The molecule has 0 aliphatic heterocycles. The van der Waals surface area contributed by atoms with Crippen LogP contribution in [0, 0.1) is 0 Å². The van der Waals surface area contributed by atoms with Gasteiger partial charge in [-0.2, -0.15) is 0 Å². The molecule has 122 valence electrons. The summed E-state index contributed by atoms with van der Waals surface area (Å²) in [5.41, 5.74) is 1.96. The van der Waals surface area contributed by atoms with E-state index in [1.54, 1.807) is 7.11 Å². The van der Waals surface area contributed by atoms with Crippen molar-refractivity contribution in [1.29, 1.82) is 0 Å². The number of aliphatic hydroxyl groups excluding tert-OH is 1. The lowest BCUT2D eigenvalue weighted by Crippen LogP contribution is -2.31. The number of nitrogens with one attached hydrogen (secondary N) is 1. The number of methoxy groups -OCH3 is 1. The molecule has 2 aromatic rings. The van der Waals surface area contributed by atoms with E-state index in [0.29, 0.717) is 6.42 Å². The number of ether oxygens (including phenoxy) is 1. The number of hydrogen-bond donors (Lipinski definition) is 2. The van der Waals surface area contributed by atoms with Crippen LogP contribution < -0.4 is 10.1 Å². The number of rotatable bonds is 7. The molecule has 0 bridgehead atoms. The van der Waals surface area contributed by atoms with Crippen molar-refractivity contribution in [2.24, 2.45) is 0 Å². The highest BCUT2D eigenvalue weighted by Crippen LogP contribution is 2.23. The largest absolute Gasteiger partial charge is 0.497 e. The smallest absolute Gasteiger partial charge is 0.221 e. The maximum Gasteiger partial charge on any atom is 0.221 e. The van der Waals surface area contributed by atoms with E-state index in [4.69, 9.17) is 4.74 Å². The molecule has 0 spiro atoms. The molecule has 0 fully saturated rings. The summed E-state index contributed by atoms with van der Waals surface area (Å²) in [4.78, 5) is 12.3. The predicted octanol–water partition coefficient (Wildman–Crippen LogP) is 3.04. The summed E-state index contributed by atoms with van der Waals surface area (Å²) in [5, 5.41) is 12.4. The Hall–Kier alpha value is -2.33. The van der Waals surface area contributed by atoms with Gasteiger partial charge in [0.2, 0.25) is 5.91 Å². The third-order valence-corrected chi connectivity index (χ3v) is 3.87. The standard InChI is InChI=1S/C19H23NO3/c1-14(16-9-6-10-17(12-16)23-2)11-19(22)20-18(13-21)15-7-4-3-5-8-15/h3-10,12,14,18,21H,11,13H2,1-2H3,(H,20,22). The molecule has 2 rings (SSSR count). The normalized spacial score (nSPS) is 13.2. The number of aliphatic hydroxyl groups is 1. The number of benzene rings is 2. The minimum absolute atomic E-state index is 0.0696. The summed E-state index contributed by atoms with van der Waals surface area (Å²) in [7, 11) is 1.63. The first-order valence-electron chi connectivity index (χ1n) is 7.73. The van der Waals surface area contributed by atoms with Crippen LogP contribution in [0.1, 0.15) is 36.4 Å². The van der Waals surface area contributed by atoms with Gasteiger partial charge in [0.25, 0.3) is 0 Å². The molecule has 2 aromatic carbocycles. The molecule has 0 aliphatic carbocycles. The molecule has 0 aliphatic rings. The van der Waals surface area contributed by atoms with Crippen molar-refractivity contribution in [3.63, 3.8) is 0 Å². The molecular formula is C19H23NO3. The molecule has 0 radical (unpaired) electrons. The molecule has 4 heteroatoms. The Bertz CT molecular complexity index is 628. The number of hydrogen-bond acceptors (Lipinski definition) is 3. The van der Waals surface area contributed by atoms with Crippen LogP contribution in [-0.4, -0.2) is 24.7 Å². The second-order valence-electron chi connectivity index (χ2n) is 5.60. The molecule has 0 saturated heterocycles. The quantitative estimate of drug-likeness (QED) is 0.826. The lowest BCUT2D eigenvalue weighted by molar-refractivity contribution is -0.122. The van der Waals surface area contributed by atoms with Crippen molar-refractivity contribution in [3.05, 3.63) is 65.7 Å². The highest BCUT2D eigenvalue weighted by atomic mass is 16.5. The van der Waals surface area contributed by atoms with Crippen LogP contribution in [0.5, 0.6) is 5.75 Å². The zero-order valence-electron chi connectivity index (χ0n) is 13.5. The molecular weight excluding hydrogens is 290 g/mol. The van der Waals surface area contributed by atoms with Gasteiger partial charge >= 0.3 is 0 Å². The molecule has 2 unspecified atom stereocenters. The summed E-state index contributed by atoms with van der Waals surface area (Å²) in [6, 6.07) is 16.8. The number of carbonyl (C=O) groups is 1. The van der Waals surface area contributed by atoms with Crippen LogP contribution in [-0.2, 0) is 4.79 Å². The first kappa shape index (κ1) is 17.0. The Kier molecular flexibility index (Phi) is 6.18. The summed E-state index contributed by atoms with van der Waals surface area (Å²) in [5.74, 6) is 0.774. The monoisotopic (exact) mass is 313 g/mol.